The lowest BCUT2D eigenvalue weighted by Gasteiger charge is -2.10. The summed E-state index contributed by atoms with van der Waals surface area (Å²) < 4.78 is 33.4. The SMILES string of the molecule is CC(C)C[C@H]1CCc2nn(-c3ccccc3)c[n+]21.FB(F)F.[F-]. The third kappa shape index (κ3) is 5.37. The summed E-state index contributed by atoms with van der Waals surface area (Å²) in [7, 11) is -3.67. The van der Waals surface area contributed by atoms with Gasteiger partial charge in [0.25, 0.3) is 5.82 Å². The van der Waals surface area contributed by atoms with Crippen molar-refractivity contribution in [2.24, 2.45) is 5.92 Å². The number of rotatable bonds is 3. The quantitative estimate of drug-likeness (QED) is 0.459. The van der Waals surface area contributed by atoms with E-state index in [4.69, 9.17) is 5.10 Å². The second kappa shape index (κ2) is 8.69. The predicted molar refractivity (Wildman–Crippen MR) is 79.7 cm³/mol. The van der Waals surface area contributed by atoms with E-state index in [1.54, 1.807) is 0 Å². The van der Waals surface area contributed by atoms with Gasteiger partial charge in [0.05, 0.1) is 6.04 Å². The van der Waals surface area contributed by atoms with Gasteiger partial charge in [0.2, 0.25) is 6.33 Å². The predicted octanol–water partition coefficient (Wildman–Crippen LogP) is 0.577. The molecule has 2 heterocycles. The van der Waals surface area contributed by atoms with Gasteiger partial charge in [-0.2, -0.15) is 0 Å². The van der Waals surface area contributed by atoms with Crippen LogP contribution in [0.2, 0.25) is 0 Å². The Labute approximate surface area is 133 Å². The van der Waals surface area contributed by atoms with Gasteiger partial charge in [0, 0.05) is 11.5 Å². The molecule has 3 nitrogen and oxygen atoms in total. The topological polar surface area (TPSA) is 21.7 Å². The molecule has 1 atom stereocenters. The van der Waals surface area contributed by atoms with Crippen LogP contribution < -0.4 is 9.27 Å². The minimum absolute atomic E-state index is 0. The third-order valence-corrected chi connectivity index (χ3v) is 3.61. The summed E-state index contributed by atoms with van der Waals surface area (Å²) in [5, 5.41) is 4.70. The van der Waals surface area contributed by atoms with Gasteiger partial charge < -0.3 is 4.70 Å². The Hall–Kier alpha value is -1.86. The van der Waals surface area contributed by atoms with Gasteiger partial charge in [-0.05, 0) is 30.9 Å². The van der Waals surface area contributed by atoms with Crippen LogP contribution in [0.3, 0.4) is 0 Å². The molecule has 1 aliphatic heterocycles. The standard InChI is InChI=1S/C15H20N3.BF3.FH/c1-12(2)10-14-8-9-15-16-18(11-17(14)15)13-6-4-3-5-7-13;2-1(3)4;/h3-7,11-12,14H,8-10H2,1-2H3;;1H/q+1;;/p-1/t14-;;/m1../s1. The maximum absolute atomic E-state index is 9.67. The smallest absolute Gasteiger partial charge is 0.762 e. The van der Waals surface area contributed by atoms with Crippen molar-refractivity contribution in [3.05, 3.63) is 42.5 Å². The number of fused-ring (bicyclic) bond motifs is 1. The molecule has 1 aromatic carbocycles. The van der Waals surface area contributed by atoms with Gasteiger partial charge >= 0.3 is 7.54 Å². The van der Waals surface area contributed by atoms with Crippen LogP contribution in [0.5, 0.6) is 0 Å². The molecule has 0 saturated heterocycles. The van der Waals surface area contributed by atoms with Crippen molar-refractivity contribution in [2.45, 2.75) is 39.2 Å². The minimum Gasteiger partial charge on any atom is -1.00 e. The monoisotopic (exact) mass is 329 g/mol. The van der Waals surface area contributed by atoms with Crippen LogP contribution in [0.4, 0.5) is 12.9 Å². The number of halogens is 4. The van der Waals surface area contributed by atoms with E-state index in [1.165, 1.54) is 18.7 Å². The van der Waals surface area contributed by atoms with Gasteiger partial charge in [-0.15, -0.1) is 0 Å². The maximum Gasteiger partial charge on any atom is 0.762 e. The molecule has 126 valence electrons. The highest BCUT2D eigenvalue weighted by Gasteiger charge is 2.31. The summed E-state index contributed by atoms with van der Waals surface area (Å²) in [6.07, 6.45) is 5.76. The van der Waals surface area contributed by atoms with E-state index in [-0.39, 0.29) is 4.70 Å². The van der Waals surface area contributed by atoms with Crippen LogP contribution in [0.25, 0.3) is 5.69 Å². The van der Waals surface area contributed by atoms with Crippen molar-refractivity contribution in [1.29, 1.82) is 0 Å². The largest absolute Gasteiger partial charge is 1.00 e. The number of hydrogen-bond acceptors (Lipinski definition) is 1. The average molecular weight is 329 g/mol. The van der Waals surface area contributed by atoms with Crippen molar-refractivity contribution in [2.75, 3.05) is 0 Å². The summed E-state index contributed by atoms with van der Waals surface area (Å²) in [4.78, 5) is 0. The number of aryl methyl sites for hydroxylation is 1. The van der Waals surface area contributed by atoms with Gasteiger partial charge in [-0.3, -0.25) is 12.9 Å². The number of hydrogen-bond donors (Lipinski definition) is 0. The van der Waals surface area contributed by atoms with E-state index >= 15 is 0 Å². The van der Waals surface area contributed by atoms with Gasteiger partial charge in [-0.1, -0.05) is 36.7 Å². The Morgan fingerprint density at radius 3 is 2.43 bits per heavy atom. The van der Waals surface area contributed by atoms with Crippen LogP contribution in [-0.2, 0) is 6.42 Å². The first-order valence-electron chi connectivity index (χ1n) is 7.44. The van der Waals surface area contributed by atoms with Crippen LogP contribution >= 0.6 is 0 Å². The van der Waals surface area contributed by atoms with Crippen LogP contribution in [0, 0.1) is 5.92 Å². The highest BCUT2D eigenvalue weighted by molar-refractivity contribution is 6.33. The van der Waals surface area contributed by atoms with E-state index in [9.17, 15) is 12.9 Å². The van der Waals surface area contributed by atoms with Crippen molar-refractivity contribution < 1.29 is 22.2 Å². The molecule has 23 heavy (non-hydrogen) atoms. The van der Waals surface area contributed by atoms with Crippen molar-refractivity contribution >= 4 is 7.54 Å². The lowest BCUT2D eigenvalue weighted by Crippen LogP contribution is -3.00. The van der Waals surface area contributed by atoms with Crippen molar-refractivity contribution in [3.8, 4) is 5.69 Å². The highest BCUT2D eigenvalue weighted by atomic mass is 19.4. The van der Waals surface area contributed by atoms with E-state index in [1.807, 2.05) is 10.7 Å². The molecule has 0 aliphatic carbocycles. The average Bonchev–Trinajstić information content (AvgIpc) is 3.01. The fourth-order valence-electron chi connectivity index (χ4n) is 2.79. The summed E-state index contributed by atoms with van der Waals surface area (Å²) in [6.45, 7) is 4.58. The molecule has 0 amide bonds. The molecule has 2 aromatic rings. The molecule has 8 heteroatoms. The van der Waals surface area contributed by atoms with Gasteiger partial charge in [0.1, 0.15) is 5.69 Å². The highest BCUT2D eigenvalue weighted by Crippen LogP contribution is 2.23. The first kappa shape index (κ1) is 19.2. The first-order valence-corrected chi connectivity index (χ1v) is 7.44. The van der Waals surface area contributed by atoms with Crippen LogP contribution in [0.1, 0.15) is 38.6 Å². The molecular weight excluding hydrogens is 309 g/mol. The molecule has 0 saturated carbocycles. The zero-order chi connectivity index (χ0) is 16.1. The molecule has 3 rings (SSSR count). The molecule has 0 bridgehead atoms. The van der Waals surface area contributed by atoms with E-state index in [0.29, 0.717) is 6.04 Å². The normalized spacial score (nSPS) is 15.5. The summed E-state index contributed by atoms with van der Waals surface area (Å²) in [5.74, 6) is 1.97. The van der Waals surface area contributed by atoms with Crippen molar-refractivity contribution in [3.63, 3.8) is 0 Å². The Kier molecular flexibility index (Phi) is 7.25. The zero-order valence-corrected chi connectivity index (χ0v) is 13.2. The molecule has 0 fully saturated rings. The third-order valence-electron chi connectivity index (χ3n) is 3.61. The van der Waals surface area contributed by atoms with E-state index < -0.39 is 7.54 Å². The molecule has 0 N–H and O–H groups in total. The number of aromatic nitrogens is 3. The summed E-state index contributed by atoms with van der Waals surface area (Å²) in [5.41, 5.74) is 1.14. The Morgan fingerprint density at radius 2 is 1.87 bits per heavy atom. The number of benzene rings is 1. The molecule has 0 radical (unpaired) electrons. The van der Waals surface area contributed by atoms with Gasteiger partial charge in [0.15, 0.2) is 0 Å². The minimum atomic E-state index is -3.67. The summed E-state index contributed by atoms with van der Waals surface area (Å²) in [6, 6.07) is 11.0. The number of nitrogens with zero attached hydrogens (tertiary/aromatic N) is 3. The second-order valence-corrected chi connectivity index (χ2v) is 5.79. The van der Waals surface area contributed by atoms with E-state index in [2.05, 4.69) is 49.0 Å². The molecule has 0 unspecified atom stereocenters. The second-order valence-electron chi connectivity index (χ2n) is 5.79. The van der Waals surface area contributed by atoms with Gasteiger partial charge in [-0.25, -0.2) is 4.57 Å². The lowest BCUT2D eigenvalue weighted by atomic mass is 10.0. The fourth-order valence-corrected chi connectivity index (χ4v) is 2.79. The summed E-state index contributed by atoms with van der Waals surface area (Å²) >= 11 is 0. The number of para-hydroxylation sites is 1. The molecule has 1 aromatic heterocycles. The lowest BCUT2D eigenvalue weighted by molar-refractivity contribution is -0.718. The first-order chi connectivity index (χ1) is 10.5. The Bertz CT molecular complexity index is 587. The molecule has 1 aliphatic rings. The Morgan fingerprint density at radius 1 is 1.26 bits per heavy atom. The Balaban J connectivity index is 0.000000478. The molecular formula is C15H20BF4N3. The maximum atomic E-state index is 9.67. The fraction of sp³-hybridized carbons (Fsp3) is 0.467. The van der Waals surface area contributed by atoms with Crippen LogP contribution in [0.15, 0.2) is 36.7 Å². The van der Waals surface area contributed by atoms with Crippen molar-refractivity contribution in [1.82, 2.24) is 9.78 Å². The zero-order valence-electron chi connectivity index (χ0n) is 13.2. The van der Waals surface area contributed by atoms with E-state index in [0.717, 1.165) is 18.0 Å². The van der Waals surface area contributed by atoms with Crippen LogP contribution in [-0.4, -0.2) is 17.3 Å². The molecule has 0 spiro atoms.